The summed E-state index contributed by atoms with van der Waals surface area (Å²) >= 11 is 0. The van der Waals surface area contributed by atoms with E-state index in [4.69, 9.17) is 5.11 Å². The lowest BCUT2D eigenvalue weighted by atomic mass is 9.83. The van der Waals surface area contributed by atoms with Crippen molar-refractivity contribution in [1.29, 1.82) is 0 Å². The van der Waals surface area contributed by atoms with Crippen LogP contribution in [0.15, 0.2) is 54.1 Å². The molecule has 2 atom stereocenters. The predicted octanol–water partition coefficient (Wildman–Crippen LogP) is 3.06. The molecule has 2 aromatic rings. The Bertz CT molecular complexity index is 780. The first-order valence-electron chi connectivity index (χ1n) is 8.31. The Labute approximate surface area is 141 Å². The van der Waals surface area contributed by atoms with Crippen molar-refractivity contribution in [2.24, 2.45) is 0 Å². The number of rotatable bonds is 5. The van der Waals surface area contributed by atoms with Crippen molar-refractivity contribution in [2.45, 2.75) is 43.8 Å². The summed E-state index contributed by atoms with van der Waals surface area (Å²) in [5, 5.41) is 31.7. The van der Waals surface area contributed by atoms with E-state index in [9.17, 15) is 15.0 Å². The maximum absolute atomic E-state index is 11.2. The third-order valence-electron chi connectivity index (χ3n) is 4.77. The van der Waals surface area contributed by atoms with Crippen LogP contribution in [0.5, 0.6) is 0 Å². The fraction of sp³-hybridized carbons (Fsp3) is 0.350. The van der Waals surface area contributed by atoms with Gasteiger partial charge in [0.1, 0.15) is 0 Å². The average Bonchev–Trinajstić information content (AvgIpc) is 2.58. The minimum Gasteiger partial charge on any atom is -0.479 e. The summed E-state index contributed by atoms with van der Waals surface area (Å²) in [5.74, 6) is -1.25. The molecule has 24 heavy (non-hydrogen) atoms. The largest absolute Gasteiger partial charge is 0.479 e. The van der Waals surface area contributed by atoms with Gasteiger partial charge in [-0.25, -0.2) is 4.79 Å². The molecule has 0 aliphatic heterocycles. The van der Waals surface area contributed by atoms with Gasteiger partial charge in [0.2, 0.25) is 0 Å². The summed E-state index contributed by atoms with van der Waals surface area (Å²) in [5.41, 5.74) is 0.0115. The number of aliphatic hydroxyl groups excluding tert-OH is 1. The SMILES string of the molecule is O=C(O)[C@]1(O)C=C(CCCc2ccc3ccccc3c2)C(O)CC1. The molecule has 2 aromatic carbocycles. The molecular formula is C20H22O4. The normalized spacial score (nSPS) is 23.9. The third kappa shape index (κ3) is 3.50. The second-order valence-corrected chi connectivity index (χ2v) is 6.54. The molecule has 1 aliphatic carbocycles. The first kappa shape index (κ1) is 16.7. The second-order valence-electron chi connectivity index (χ2n) is 6.54. The highest BCUT2D eigenvalue weighted by Crippen LogP contribution is 2.30. The van der Waals surface area contributed by atoms with Crippen LogP contribution in [0, 0.1) is 0 Å². The predicted molar refractivity (Wildman–Crippen MR) is 92.8 cm³/mol. The summed E-state index contributed by atoms with van der Waals surface area (Å²) in [4.78, 5) is 11.2. The van der Waals surface area contributed by atoms with E-state index in [1.807, 2.05) is 12.1 Å². The Morgan fingerprint density at radius 2 is 1.88 bits per heavy atom. The highest BCUT2D eigenvalue weighted by molar-refractivity contribution is 5.83. The molecule has 0 spiro atoms. The lowest BCUT2D eigenvalue weighted by Gasteiger charge is -2.29. The van der Waals surface area contributed by atoms with Crippen molar-refractivity contribution in [3.8, 4) is 0 Å². The molecule has 3 N–H and O–H groups in total. The van der Waals surface area contributed by atoms with E-state index >= 15 is 0 Å². The van der Waals surface area contributed by atoms with Crippen molar-refractivity contribution in [2.75, 3.05) is 0 Å². The summed E-state index contributed by atoms with van der Waals surface area (Å²) in [6.45, 7) is 0. The molecule has 3 rings (SSSR count). The van der Waals surface area contributed by atoms with Gasteiger partial charge in [-0.1, -0.05) is 42.5 Å². The van der Waals surface area contributed by atoms with Crippen LogP contribution in [0.25, 0.3) is 10.8 Å². The van der Waals surface area contributed by atoms with Gasteiger partial charge < -0.3 is 15.3 Å². The number of aliphatic hydroxyl groups is 2. The monoisotopic (exact) mass is 326 g/mol. The Morgan fingerprint density at radius 1 is 1.12 bits per heavy atom. The highest BCUT2D eigenvalue weighted by Gasteiger charge is 2.38. The number of aliphatic carboxylic acids is 1. The number of carbonyl (C=O) groups is 1. The molecule has 0 fully saturated rings. The lowest BCUT2D eigenvalue weighted by molar-refractivity contribution is -0.155. The van der Waals surface area contributed by atoms with Crippen molar-refractivity contribution in [3.05, 3.63) is 59.7 Å². The zero-order valence-corrected chi connectivity index (χ0v) is 13.5. The molecular weight excluding hydrogens is 304 g/mol. The Hall–Kier alpha value is -2.17. The minimum atomic E-state index is -1.84. The Kier molecular flexibility index (Phi) is 4.69. The fourth-order valence-corrected chi connectivity index (χ4v) is 3.32. The standard InChI is InChI=1S/C20H22O4/c21-18-10-11-20(24,19(22)23)13-17(18)7-3-4-14-8-9-15-5-1-2-6-16(15)12-14/h1-2,5-6,8-9,12-13,18,21,24H,3-4,7,10-11H2,(H,22,23)/t18?,20-/m1/s1. The molecule has 1 aliphatic rings. The van der Waals surface area contributed by atoms with Crippen LogP contribution in [-0.2, 0) is 11.2 Å². The molecule has 0 saturated heterocycles. The van der Waals surface area contributed by atoms with Crippen LogP contribution in [-0.4, -0.2) is 33.0 Å². The number of benzene rings is 2. The van der Waals surface area contributed by atoms with Crippen LogP contribution in [0.2, 0.25) is 0 Å². The van der Waals surface area contributed by atoms with E-state index in [0.29, 0.717) is 12.0 Å². The second kappa shape index (κ2) is 6.75. The van der Waals surface area contributed by atoms with E-state index in [1.165, 1.54) is 22.4 Å². The van der Waals surface area contributed by atoms with Gasteiger partial charge in [-0.2, -0.15) is 0 Å². The molecule has 126 valence electrons. The smallest absolute Gasteiger partial charge is 0.339 e. The Balaban J connectivity index is 1.66. The molecule has 0 aromatic heterocycles. The summed E-state index contributed by atoms with van der Waals surface area (Å²) in [6.07, 6.45) is 3.26. The zero-order chi connectivity index (χ0) is 17.2. The number of aryl methyl sites for hydroxylation is 1. The topological polar surface area (TPSA) is 77.8 Å². The average molecular weight is 326 g/mol. The van der Waals surface area contributed by atoms with Crippen LogP contribution < -0.4 is 0 Å². The van der Waals surface area contributed by atoms with Gasteiger partial charge in [0.05, 0.1) is 6.10 Å². The maximum Gasteiger partial charge on any atom is 0.339 e. The summed E-state index contributed by atoms with van der Waals surface area (Å²) in [6, 6.07) is 14.6. The molecule has 0 heterocycles. The molecule has 0 bridgehead atoms. The molecule has 0 saturated carbocycles. The maximum atomic E-state index is 11.2. The van der Waals surface area contributed by atoms with Crippen molar-refractivity contribution in [1.82, 2.24) is 0 Å². The van der Waals surface area contributed by atoms with Gasteiger partial charge in [0, 0.05) is 0 Å². The van der Waals surface area contributed by atoms with Gasteiger partial charge in [0.15, 0.2) is 5.60 Å². The fourth-order valence-electron chi connectivity index (χ4n) is 3.32. The third-order valence-corrected chi connectivity index (χ3v) is 4.77. The quantitative estimate of drug-likeness (QED) is 0.738. The summed E-state index contributed by atoms with van der Waals surface area (Å²) in [7, 11) is 0. The van der Waals surface area contributed by atoms with E-state index in [2.05, 4.69) is 30.3 Å². The number of carboxylic acid groups (broad SMARTS) is 1. The molecule has 4 nitrogen and oxygen atoms in total. The number of hydrogen-bond donors (Lipinski definition) is 3. The first-order chi connectivity index (χ1) is 11.5. The zero-order valence-electron chi connectivity index (χ0n) is 13.5. The van der Waals surface area contributed by atoms with Crippen LogP contribution >= 0.6 is 0 Å². The first-order valence-corrected chi connectivity index (χ1v) is 8.31. The molecule has 0 amide bonds. The van der Waals surface area contributed by atoms with Crippen molar-refractivity contribution in [3.63, 3.8) is 0 Å². The Morgan fingerprint density at radius 3 is 2.62 bits per heavy atom. The van der Waals surface area contributed by atoms with Gasteiger partial charge >= 0.3 is 5.97 Å². The van der Waals surface area contributed by atoms with Gasteiger partial charge in [0.25, 0.3) is 0 Å². The highest BCUT2D eigenvalue weighted by atomic mass is 16.4. The van der Waals surface area contributed by atoms with Crippen molar-refractivity contribution < 1.29 is 20.1 Å². The number of carboxylic acids is 1. The van der Waals surface area contributed by atoms with E-state index in [1.54, 1.807) is 0 Å². The molecule has 1 unspecified atom stereocenters. The van der Waals surface area contributed by atoms with E-state index in [0.717, 1.165) is 12.8 Å². The van der Waals surface area contributed by atoms with Crippen LogP contribution in [0.4, 0.5) is 0 Å². The van der Waals surface area contributed by atoms with E-state index < -0.39 is 17.7 Å². The number of fused-ring (bicyclic) bond motifs is 1. The minimum absolute atomic E-state index is 0.0532. The van der Waals surface area contributed by atoms with Crippen LogP contribution in [0.3, 0.4) is 0 Å². The van der Waals surface area contributed by atoms with Crippen molar-refractivity contribution >= 4 is 16.7 Å². The summed E-state index contributed by atoms with van der Waals surface area (Å²) < 4.78 is 0. The number of hydrogen-bond acceptors (Lipinski definition) is 3. The van der Waals surface area contributed by atoms with Gasteiger partial charge in [-0.15, -0.1) is 0 Å². The van der Waals surface area contributed by atoms with E-state index in [-0.39, 0.29) is 12.8 Å². The molecule has 0 radical (unpaired) electrons. The molecule has 4 heteroatoms. The van der Waals surface area contributed by atoms with Gasteiger partial charge in [-0.05, 0) is 60.1 Å². The van der Waals surface area contributed by atoms with Crippen LogP contribution in [0.1, 0.15) is 31.2 Å². The lowest BCUT2D eigenvalue weighted by Crippen LogP contribution is -2.41. The van der Waals surface area contributed by atoms with Gasteiger partial charge in [-0.3, -0.25) is 0 Å².